The quantitative estimate of drug-likeness (QED) is 0.472. The summed E-state index contributed by atoms with van der Waals surface area (Å²) in [6.07, 6.45) is -1.60. The number of hydrogen-bond acceptors (Lipinski definition) is 2. The molecule has 0 radical (unpaired) electrons. The van der Waals surface area contributed by atoms with Crippen LogP contribution in [0.25, 0.3) is 0 Å². The monoisotopic (exact) mass is 292 g/mol. The first-order valence-electron chi connectivity index (χ1n) is 5.14. The van der Waals surface area contributed by atoms with E-state index in [4.69, 9.17) is 16.9 Å². The van der Waals surface area contributed by atoms with Gasteiger partial charge in [-0.05, 0) is 25.1 Å². The van der Waals surface area contributed by atoms with Gasteiger partial charge in [0.05, 0.1) is 17.8 Å². The van der Waals surface area contributed by atoms with Gasteiger partial charge >= 0.3 is 6.18 Å². The third-order valence-electron chi connectivity index (χ3n) is 2.31. The standard InChI is InChI=1S/C12H9ClF4N2/c1-2-8(13)6-19(7-18)9-3-4-11(14)10(5-9)12(15,16)17/h2-5H,6H2,1H3. The first-order valence-corrected chi connectivity index (χ1v) is 5.52. The van der Waals surface area contributed by atoms with Gasteiger partial charge in [0.15, 0.2) is 6.19 Å². The first-order chi connectivity index (χ1) is 8.79. The van der Waals surface area contributed by atoms with Gasteiger partial charge in [0.25, 0.3) is 0 Å². The number of alkyl halides is 3. The molecule has 1 aromatic rings. The van der Waals surface area contributed by atoms with Gasteiger partial charge in [0.2, 0.25) is 0 Å². The molecule has 0 unspecified atom stereocenters. The molecule has 0 amide bonds. The zero-order chi connectivity index (χ0) is 14.6. The van der Waals surface area contributed by atoms with E-state index in [2.05, 4.69) is 0 Å². The average molecular weight is 293 g/mol. The van der Waals surface area contributed by atoms with Crippen LogP contribution in [0.15, 0.2) is 29.3 Å². The third-order valence-corrected chi connectivity index (χ3v) is 2.65. The minimum absolute atomic E-state index is 0.0719. The molecule has 0 saturated heterocycles. The topological polar surface area (TPSA) is 27.0 Å². The molecule has 1 rings (SSSR count). The fourth-order valence-electron chi connectivity index (χ4n) is 1.33. The molecule has 7 heteroatoms. The molecular weight excluding hydrogens is 284 g/mol. The Bertz CT molecular complexity index is 532. The first kappa shape index (κ1) is 15.3. The molecule has 0 N–H and O–H groups in total. The number of nitriles is 1. The second-order valence-electron chi connectivity index (χ2n) is 3.58. The summed E-state index contributed by atoms with van der Waals surface area (Å²) in [5.74, 6) is -1.38. The summed E-state index contributed by atoms with van der Waals surface area (Å²) in [5.41, 5.74) is -1.49. The van der Waals surface area contributed by atoms with E-state index in [1.807, 2.05) is 0 Å². The lowest BCUT2D eigenvalue weighted by molar-refractivity contribution is -0.139. The van der Waals surface area contributed by atoms with Crippen molar-refractivity contribution in [1.29, 1.82) is 5.26 Å². The second kappa shape index (κ2) is 5.93. The van der Waals surface area contributed by atoms with Gasteiger partial charge in [0, 0.05) is 5.03 Å². The Morgan fingerprint density at radius 1 is 1.47 bits per heavy atom. The van der Waals surface area contributed by atoms with Crippen molar-refractivity contribution >= 4 is 17.3 Å². The highest BCUT2D eigenvalue weighted by molar-refractivity contribution is 6.30. The number of hydrogen-bond donors (Lipinski definition) is 0. The summed E-state index contributed by atoms with van der Waals surface area (Å²) in [5, 5.41) is 9.19. The van der Waals surface area contributed by atoms with Crippen molar-refractivity contribution < 1.29 is 17.6 Å². The van der Waals surface area contributed by atoms with Crippen molar-refractivity contribution in [3.05, 3.63) is 40.7 Å². The number of nitrogens with zero attached hydrogens (tertiary/aromatic N) is 2. The van der Waals surface area contributed by atoms with Gasteiger partial charge in [-0.1, -0.05) is 17.7 Å². The molecule has 2 nitrogen and oxygen atoms in total. The molecule has 102 valence electrons. The van der Waals surface area contributed by atoms with Crippen LogP contribution < -0.4 is 4.90 Å². The van der Waals surface area contributed by atoms with Crippen molar-refractivity contribution in [2.75, 3.05) is 11.4 Å². The molecule has 0 fully saturated rings. The van der Waals surface area contributed by atoms with E-state index >= 15 is 0 Å². The van der Waals surface area contributed by atoms with Crippen LogP contribution in [0.1, 0.15) is 12.5 Å². The van der Waals surface area contributed by atoms with Crippen LogP contribution in [0, 0.1) is 17.3 Å². The molecule has 0 aliphatic carbocycles. The Morgan fingerprint density at radius 3 is 2.58 bits per heavy atom. The maximum Gasteiger partial charge on any atom is 0.419 e. The Morgan fingerprint density at radius 2 is 2.11 bits per heavy atom. The molecule has 0 spiro atoms. The van der Waals surface area contributed by atoms with Crippen LogP contribution in [0.5, 0.6) is 0 Å². The molecule has 0 atom stereocenters. The molecule has 0 heterocycles. The van der Waals surface area contributed by atoms with Crippen LogP contribution in [0.4, 0.5) is 23.2 Å². The van der Waals surface area contributed by atoms with Crippen molar-refractivity contribution in [3.63, 3.8) is 0 Å². The summed E-state index contributed by atoms with van der Waals surface area (Å²) < 4.78 is 50.7. The summed E-state index contributed by atoms with van der Waals surface area (Å²) in [6.45, 7) is 1.56. The van der Waals surface area contributed by atoms with Gasteiger partial charge in [-0.3, -0.25) is 4.90 Å². The number of anilines is 1. The summed E-state index contributed by atoms with van der Waals surface area (Å²) in [6, 6.07) is 2.35. The molecule has 0 aliphatic heterocycles. The largest absolute Gasteiger partial charge is 0.419 e. The van der Waals surface area contributed by atoms with Gasteiger partial charge in [-0.2, -0.15) is 18.4 Å². The summed E-state index contributed by atoms with van der Waals surface area (Å²) in [7, 11) is 0. The summed E-state index contributed by atoms with van der Waals surface area (Å²) >= 11 is 5.72. The maximum absolute atomic E-state index is 13.1. The highest BCUT2D eigenvalue weighted by Crippen LogP contribution is 2.34. The Kier molecular flexibility index (Phi) is 4.78. The Balaban J connectivity index is 3.18. The van der Waals surface area contributed by atoms with Crippen LogP contribution >= 0.6 is 11.6 Å². The summed E-state index contributed by atoms with van der Waals surface area (Å²) in [4.78, 5) is 0.941. The van der Waals surface area contributed by atoms with E-state index < -0.39 is 17.6 Å². The number of rotatable bonds is 3. The zero-order valence-electron chi connectivity index (χ0n) is 9.80. The Labute approximate surface area is 112 Å². The highest BCUT2D eigenvalue weighted by Gasteiger charge is 2.34. The van der Waals surface area contributed by atoms with Crippen LogP contribution in [-0.2, 0) is 6.18 Å². The second-order valence-corrected chi connectivity index (χ2v) is 4.07. The minimum atomic E-state index is -4.81. The minimum Gasteiger partial charge on any atom is -0.274 e. The number of allylic oxidation sites excluding steroid dienone is 1. The maximum atomic E-state index is 13.1. The van der Waals surface area contributed by atoms with Gasteiger partial charge in [-0.25, -0.2) is 4.39 Å². The predicted molar refractivity (Wildman–Crippen MR) is 64.0 cm³/mol. The smallest absolute Gasteiger partial charge is 0.274 e. The van der Waals surface area contributed by atoms with E-state index in [0.717, 1.165) is 11.0 Å². The lowest BCUT2D eigenvalue weighted by atomic mass is 10.1. The van der Waals surface area contributed by atoms with Crippen LogP contribution in [0.2, 0.25) is 0 Å². The lowest BCUT2D eigenvalue weighted by Crippen LogP contribution is -2.19. The fraction of sp³-hybridized carbons (Fsp3) is 0.250. The van der Waals surface area contributed by atoms with Gasteiger partial charge in [0.1, 0.15) is 5.82 Å². The van der Waals surface area contributed by atoms with Crippen LogP contribution in [-0.4, -0.2) is 6.54 Å². The van der Waals surface area contributed by atoms with E-state index in [-0.39, 0.29) is 12.2 Å². The average Bonchev–Trinajstić information content (AvgIpc) is 2.35. The molecule has 0 saturated carbocycles. The van der Waals surface area contributed by atoms with E-state index in [1.165, 1.54) is 6.08 Å². The normalized spacial score (nSPS) is 12.2. The van der Waals surface area contributed by atoms with Crippen molar-refractivity contribution in [1.82, 2.24) is 0 Å². The number of benzene rings is 1. The van der Waals surface area contributed by atoms with Gasteiger partial charge in [-0.15, -0.1) is 0 Å². The number of halogens is 5. The third kappa shape index (κ3) is 3.86. The van der Waals surface area contributed by atoms with E-state index in [9.17, 15) is 17.6 Å². The highest BCUT2D eigenvalue weighted by atomic mass is 35.5. The Hall–Kier alpha value is -1.74. The molecular formula is C12H9ClF4N2. The molecule has 1 aromatic carbocycles. The van der Waals surface area contributed by atoms with E-state index in [0.29, 0.717) is 17.2 Å². The fourth-order valence-corrected chi connectivity index (χ4v) is 1.44. The van der Waals surface area contributed by atoms with E-state index in [1.54, 1.807) is 13.1 Å². The predicted octanol–water partition coefficient (Wildman–Crippen LogP) is 4.27. The molecule has 0 aromatic heterocycles. The lowest BCUT2D eigenvalue weighted by Gasteiger charge is -2.17. The van der Waals surface area contributed by atoms with Crippen molar-refractivity contribution in [3.8, 4) is 6.19 Å². The van der Waals surface area contributed by atoms with Gasteiger partial charge < -0.3 is 0 Å². The zero-order valence-corrected chi connectivity index (χ0v) is 10.6. The molecule has 19 heavy (non-hydrogen) atoms. The molecule has 0 aliphatic rings. The van der Waals surface area contributed by atoms with Crippen molar-refractivity contribution in [2.45, 2.75) is 13.1 Å². The molecule has 0 bridgehead atoms. The van der Waals surface area contributed by atoms with Crippen molar-refractivity contribution in [2.24, 2.45) is 0 Å². The van der Waals surface area contributed by atoms with Crippen LogP contribution in [0.3, 0.4) is 0 Å². The SMILES string of the molecule is CC=C(Cl)CN(C#N)c1ccc(F)c(C(F)(F)F)c1.